The number of thioether (sulfide) groups is 1. The summed E-state index contributed by atoms with van der Waals surface area (Å²) in [6.07, 6.45) is 2.22. The standard InChI is InChI=1S/C17H15NOS/c18-17(19)10-9-14-13-6-2-1-5-12(13)11-20-16-8-4-3-7-15(14)16/h1-9H,10-11H2,(H2,18,19)/b14-9+. The van der Waals surface area contributed by atoms with Crippen molar-refractivity contribution < 1.29 is 4.79 Å². The number of nitrogens with two attached hydrogens (primary N) is 1. The highest BCUT2D eigenvalue weighted by Gasteiger charge is 2.17. The molecule has 2 nitrogen and oxygen atoms in total. The lowest BCUT2D eigenvalue weighted by Gasteiger charge is -2.10. The molecule has 3 heteroatoms. The highest BCUT2D eigenvalue weighted by atomic mass is 32.2. The van der Waals surface area contributed by atoms with Crippen molar-refractivity contribution in [2.24, 2.45) is 5.73 Å². The van der Waals surface area contributed by atoms with E-state index < -0.39 is 0 Å². The van der Waals surface area contributed by atoms with Gasteiger partial charge in [-0.25, -0.2) is 0 Å². The van der Waals surface area contributed by atoms with Crippen LogP contribution in [0.5, 0.6) is 0 Å². The molecule has 2 aromatic carbocycles. The molecule has 0 atom stereocenters. The van der Waals surface area contributed by atoms with Crippen molar-refractivity contribution in [3.8, 4) is 0 Å². The fourth-order valence-electron chi connectivity index (χ4n) is 2.45. The molecule has 0 aliphatic carbocycles. The number of carbonyl (C=O) groups is 1. The Morgan fingerprint density at radius 1 is 1.10 bits per heavy atom. The van der Waals surface area contributed by atoms with Gasteiger partial charge in [-0.1, -0.05) is 48.5 Å². The fraction of sp³-hybridized carbons (Fsp3) is 0.118. The molecular weight excluding hydrogens is 266 g/mol. The Kier molecular flexibility index (Phi) is 3.61. The molecular formula is C17H15NOS. The van der Waals surface area contributed by atoms with E-state index in [-0.39, 0.29) is 12.3 Å². The average molecular weight is 281 g/mol. The summed E-state index contributed by atoms with van der Waals surface area (Å²) >= 11 is 1.83. The lowest BCUT2D eigenvalue weighted by molar-refractivity contribution is -0.117. The Balaban J connectivity index is 2.19. The fourth-order valence-corrected chi connectivity index (χ4v) is 3.52. The van der Waals surface area contributed by atoms with E-state index in [0.717, 1.165) is 11.3 Å². The van der Waals surface area contributed by atoms with Crippen molar-refractivity contribution in [3.63, 3.8) is 0 Å². The molecule has 0 aromatic heterocycles. The minimum Gasteiger partial charge on any atom is -0.369 e. The van der Waals surface area contributed by atoms with Crippen molar-refractivity contribution in [1.82, 2.24) is 0 Å². The van der Waals surface area contributed by atoms with Crippen LogP contribution in [-0.2, 0) is 10.5 Å². The summed E-state index contributed by atoms with van der Waals surface area (Å²) in [5.74, 6) is 0.644. The maximum absolute atomic E-state index is 11.1. The number of primary amides is 1. The van der Waals surface area contributed by atoms with Crippen LogP contribution in [0.15, 0.2) is 59.5 Å². The first-order chi connectivity index (χ1) is 9.75. The van der Waals surface area contributed by atoms with E-state index in [1.165, 1.54) is 21.6 Å². The van der Waals surface area contributed by atoms with E-state index in [9.17, 15) is 4.79 Å². The van der Waals surface area contributed by atoms with Crippen LogP contribution in [-0.4, -0.2) is 5.91 Å². The number of benzene rings is 2. The Morgan fingerprint density at radius 2 is 1.80 bits per heavy atom. The summed E-state index contributed by atoms with van der Waals surface area (Å²) in [5.41, 5.74) is 10.1. The molecule has 0 unspecified atom stereocenters. The monoisotopic (exact) mass is 281 g/mol. The maximum Gasteiger partial charge on any atom is 0.221 e. The van der Waals surface area contributed by atoms with E-state index in [2.05, 4.69) is 30.3 Å². The zero-order chi connectivity index (χ0) is 13.9. The maximum atomic E-state index is 11.1. The summed E-state index contributed by atoms with van der Waals surface area (Å²) in [5, 5.41) is 0. The third-order valence-electron chi connectivity index (χ3n) is 3.38. The molecule has 100 valence electrons. The highest BCUT2D eigenvalue weighted by molar-refractivity contribution is 7.98. The van der Waals surface area contributed by atoms with E-state index in [0.29, 0.717) is 0 Å². The average Bonchev–Trinajstić information content (AvgIpc) is 2.62. The van der Waals surface area contributed by atoms with Gasteiger partial charge in [0.2, 0.25) is 5.91 Å². The quantitative estimate of drug-likeness (QED) is 0.914. The second-order valence-corrected chi connectivity index (χ2v) is 5.75. The van der Waals surface area contributed by atoms with E-state index in [1.54, 1.807) is 0 Å². The summed E-state index contributed by atoms with van der Waals surface area (Å²) < 4.78 is 0. The molecule has 20 heavy (non-hydrogen) atoms. The number of carbonyl (C=O) groups excluding carboxylic acids is 1. The van der Waals surface area contributed by atoms with Crippen LogP contribution in [0.25, 0.3) is 5.57 Å². The summed E-state index contributed by atoms with van der Waals surface area (Å²) in [7, 11) is 0. The first kappa shape index (κ1) is 13.0. The van der Waals surface area contributed by atoms with Crippen molar-refractivity contribution in [2.45, 2.75) is 17.1 Å². The lowest BCUT2D eigenvalue weighted by atomic mass is 9.93. The summed E-state index contributed by atoms with van der Waals surface area (Å²) in [6.45, 7) is 0. The summed E-state index contributed by atoms with van der Waals surface area (Å²) in [4.78, 5) is 12.4. The molecule has 0 bridgehead atoms. The van der Waals surface area contributed by atoms with Crippen LogP contribution in [0.4, 0.5) is 0 Å². The van der Waals surface area contributed by atoms with Crippen LogP contribution in [0.3, 0.4) is 0 Å². The predicted molar refractivity (Wildman–Crippen MR) is 83.3 cm³/mol. The van der Waals surface area contributed by atoms with Gasteiger partial charge in [-0.2, -0.15) is 0 Å². The Bertz CT molecular complexity index is 641. The number of rotatable bonds is 2. The van der Waals surface area contributed by atoms with Crippen LogP contribution >= 0.6 is 11.8 Å². The van der Waals surface area contributed by atoms with Gasteiger partial charge in [-0.15, -0.1) is 11.8 Å². The predicted octanol–water partition coefficient (Wildman–Crippen LogP) is 3.60. The van der Waals surface area contributed by atoms with Gasteiger partial charge in [0.1, 0.15) is 0 Å². The van der Waals surface area contributed by atoms with Gasteiger partial charge in [0.05, 0.1) is 0 Å². The molecule has 0 saturated heterocycles. The molecule has 1 aliphatic heterocycles. The Labute approximate surface area is 122 Å². The molecule has 2 N–H and O–H groups in total. The number of hydrogen-bond donors (Lipinski definition) is 1. The van der Waals surface area contributed by atoms with Crippen LogP contribution in [0.1, 0.15) is 23.1 Å². The van der Waals surface area contributed by atoms with E-state index in [4.69, 9.17) is 5.73 Å². The second-order valence-electron chi connectivity index (χ2n) is 4.73. The zero-order valence-electron chi connectivity index (χ0n) is 11.0. The third kappa shape index (κ3) is 2.49. The molecule has 1 heterocycles. The Morgan fingerprint density at radius 3 is 2.60 bits per heavy atom. The van der Waals surface area contributed by atoms with E-state index >= 15 is 0 Å². The highest BCUT2D eigenvalue weighted by Crippen LogP contribution is 2.39. The van der Waals surface area contributed by atoms with Crippen molar-refractivity contribution in [2.75, 3.05) is 0 Å². The molecule has 1 amide bonds. The minimum absolute atomic E-state index is 0.267. The lowest BCUT2D eigenvalue weighted by Crippen LogP contribution is -2.08. The van der Waals surface area contributed by atoms with Crippen molar-refractivity contribution in [3.05, 3.63) is 71.3 Å². The van der Waals surface area contributed by atoms with Gasteiger partial charge >= 0.3 is 0 Å². The molecule has 0 radical (unpaired) electrons. The number of fused-ring (bicyclic) bond motifs is 2. The smallest absolute Gasteiger partial charge is 0.221 e. The van der Waals surface area contributed by atoms with Crippen LogP contribution < -0.4 is 5.73 Å². The van der Waals surface area contributed by atoms with Gasteiger partial charge in [0.25, 0.3) is 0 Å². The van der Waals surface area contributed by atoms with Crippen LogP contribution in [0, 0.1) is 0 Å². The van der Waals surface area contributed by atoms with Gasteiger partial charge in [-0.3, -0.25) is 4.79 Å². The molecule has 0 spiro atoms. The van der Waals surface area contributed by atoms with E-state index in [1.807, 2.05) is 36.0 Å². The molecule has 0 fully saturated rings. The SMILES string of the molecule is NC(=O)C/C=C1\c2ccccc2CSc2ccccc21. The zero-order valence-corrected chi connectivity index (χ0v) is 11.8. The van der Waals surface area contributed by atoms with Gasteiger partial charge < -0.3 is 5.73 Å². The summed E-state index contributed by atoms with van der Waals surface area (Å²) in [6, 6.07) is 16.7. The largest absolute Gasteiger partial charge is 0.369 e. The second kappa shape index (κ2) is 5.55. The number of hydrogen-bond acceptors (Lipinski definition) is 2. The molecule has 2 aromatic rings. The molecule has 1 aliphatic rings. The topological polar surface area (TPSA) is 43.1 Å². The van der Waals surface area contributed by atoms with Gasteiger partial charge in [-0.05, 0) is 28.3 Å². The van der Waals surface area contributed by atoms with Crippen molar-refractivity contribution in [1.29, 1.82) is 0 Å². The first-order valence-corrected chi connectivity index (χ1v) is 7.53. The molecule has 0 saturated carbocycles. The number of amides is 1. The van der Waals surface area contributed by atoms with Gasteiger partial charge in [0, 0.05) is 17.1 Å². The minimum atomic E-state index is -0.302. The first-order valence-electron chi connectivity index (χ1n) is 6.54. The van der Waals surface area contributed by atoms with Crippen LogP contribution in [0.2, 0.25) is 0 Å². The third-order valence-corrected chi connectivity index (χ3v) is 4.50. The Hall–Kier alpha value is -2.00. The van der Waals surface area contributed by atoms with Crippen molar-refractivity contribution >= 4 is 23.2 Å². The normalized spacial score (nSPS) is 15.3. The van der Waals surface area contributed by atoms with Gasteiger partial charge in [0.15, 0.2) is 0 Å². The molecule has 3 rings (SSSR count).